The zero-order chi connectivity index (χ0) is 28.3. The highest BCUT2D eigenvalue weighted by Gasteiger charge is 2.60. The Labute approximate surface area is 241 Å². The van der Waals surface area contributed by atoms with Crippen LogP contribution in [0.5, 0.6) is 0 Å². The molecule has 3 heterocycles. The fourth-order valence-corrected chi connectivity index (χ4v) is 8.50. The molecule has 8 heteroatoms. The van der Waals surface area contributed by atoms with Crippen LogP contribution in [0.1, 0.15) is 12.8 Å². The molecule has 0 radical (unpaired) electrons. The minimum atomic E-state index is -0.222. The van der Waals surface area contributed by atoms with Crippen LogP contribution in [0.4, 0.5) is 11.4 Å². The molecule has 4 amide bonds. The number of allylic oxidation sites excluding steroid dienone is 4. The lowest BCUT2D eigenvalue weighted by molar-refractivity contribution is -0.124. The second kappa shape index (κ2) is 8.41. The van der Waals surface area contributed by atoms with Crippen LogP contribution >= 0.6 is 0 Å². The SMILES string of the molecule is O=C1[C@@H]2[C@@H](C(=O)N1c1ccc(-c3cnc(-c4ccc(N5C(=O)[C@@H]6[C@H](C5=O)[C@@H]5C=C[C@H]6C5)cc4)nc3)cc1)[C@H]1C=C[C@H]2C1. The van der Waals surface area contributed by atoms with E-state index in [0.29, 0.717) is 17.2 Å². The van der Waals surface area contributed by atoms with Gasteiger partial charge >= 0.3 is 0 Å². The normalized spacial score (nSPS) is 33.4. The van der Waals surface area contributed by atoms with E-state index in [1.54, 1.807) is 24.5 Å². The van der Waals surface area contributed by atoms with Gasteiger partial charge in [0, 0.05) is 23.5 Å². The Morgan fingerprint density at radius 1 is 0.476 bits per heavy atom. The third-order valence-corrected chi connectivity index (χ3v) is 10.4. The monoisotopic (exact) mass is 554 g/mol. The minimum absolute atomic E-state index is 0.0845. The van der Waals surface area contributed by atoms with E-state index in [-0.39, 0.29) is 71.0 Å². The number of hydrogen-bond donors (Lipinski definition) is 0. The number of fused-ring (bicyclic) bond motifs is 10. The third-order valence-electron chi connectivity index (χ3n) is 10.4. The first-order valence-corrected chi connectivity index (χ1v) is 14.6. The van der Waals surface area contributed by atoms with Crippen molar-refractivity contribution >= 4 is 35.0 Å². The van der Waals surface area contributed by atoms with E-state index >= 15 is 0 Å². The van der Waals surface area contributed by atoms with Gasteiger partial charge in [-0.1, -0.05) is 36.4 Å². The smallest absolute Gasteiger partial charge is 0.238 e. The average molecular weight is 555 g/mol. The summed E-state index contributed by atoms with van der Waals surface area (Å²) in [6.45, 7) is 0. The predicted molar refractivity (Wildman–Crippen MR) is 153 cm³/mol. The van der Waals surface area contributed by atoms with Crippen LogP contribution in [0.15, 0.2) is 85.2 Å². The Morgan fingerprint density at radius 2 is 0.833 bits per heavy atom. The zero-order valence-electron chi connectivity index (χ0n) is 22.5. The number of rotatable bonds is 4. The number of carbonyl (C=O) groups excluding carboxylic acids is 4. The fourth-order valence-electron chi connectivity index (χ4n) is 8.50. The van der Waals surface area contributed by atoms with Crippen molar-refractivity contribution in [3.05, 3.63) is 85.2 Å². The van der Waals surface area contributed by atoms with Gasteiger partial charge in [0.1, 0.15) is 0 Å². The van der Waals surface area contributed by atoms with Gasteiger partial charge in [-0.2, -0.15) is 0 Å². The topological polar surface area (TPSA) is 101 Å². The van der Waals surface area contributed by atoms with Crippen molar-refractivity contribution in [1.82, 2.24) is 9.97 Å². The fraction of sp³-hybridized carbons (Fsp3) is 0.294. The number of amides is 4. The number of imide groups is 2. The van der Waals surface area contributed by atoms with E-state index in [1.807, 2.05) is 36.4 Å². The van der Waals surface area contributed by atoms with Crippen LogP contribution in [0.25, 0.3) is 22.5 Å². The summed E-state index contributed by atoms with van der Waals surface area (Å²) in [5.41, 5.74) is 3.65. The van der Waals surface area contributed by atoms with Crippen LogP contribution in [0, 0.1) is 47.3 Å². The average Bonchev–Trinajstić information content (AvgIpc) is 3.87. The van der Waals surface area contributed by atoms with Crippen molar-refractivity contribution in [3.63, 3.8) is 0 Å². The van der Waals surface area contributed by atoms with Gasteiger partial charge in [0.25, 0.3) is 0 Å². The lowest BCUT2D eigenvalue weighted by Crippen LogP contribution is -2.32. The summed E-state index contributed by atoms with van der Waals surface area (Å²) in [4.78, 5) is 64.3. The first kappa shape index (κ1) is 23.9. The molecule has 0 unspecified atom stereocenters. The molecule has 42 heavy (non-hydrogen) atoms. The maximum Gasteiger partial charge on any atom is 0.238 e. The Hall–Kier alpha value is -4.72. The summed E-state index contributed by atoms with van der Waals surface area (Å²) in [7, 11) is 0. The van der Waals surface area contributed by atoms with Crippen LogP contribution in [-0.2, 0) is 19.2 Å². The summed E-state index contributed by atoms with van der Waals surface area (Å²) in [5.74, 6) is 0.0362. The van der Waals surface area contributed by atoms with Crippen LogP contribution < -0.4 is 9.80 Å². The van der Waals surface area contributed by atoms with Crippen molar-refractivity contribution in [2.24, 2.45) is 47.3 Å². The summed E-state index contributed by atoms with van der Waals surface area (Å²) < 4.78 is 0. The lowest BCUT2D eigenvalue weighted by atomic mass is 9.85. The Kier molecular flexibility index (Phi) is 4.79. The van der Waals surface area contributed by atoms with Crippen molar-refractivity contribution in [2.45, 2.75) is 12.8 Å². The van der Waals surface area contributed by atoms with E-state index in [4.69, 9.17) is 0 Å². The number of anilines is 2. The first-order chi connectivity index (χ1) is 20.5. The molecule has 9 rings (SSSR count). The van der Waals surface area contributed by atoms with Gasteiger partial charge in [-0.15, -0.1) is 0 Å². The van der Waals surface area contributed by atoms with Gasteiger partial charge in [-0.05, 0) is 78.5 Å². The van der Waals surface area contributed by atoms with Crippen LogP contribution in [-0.4, -0.2) is 33.6 Å². The molecule has 0 N–H and O–H groups in total. The van der Waals surface area contributed by atoms with E-state index in [2.05, 4.69) is 34.3 Å². The third kappa shape index (κ3) is 3.12. The van der Waals surface area contributed by atoms with Crippen molar-refractivity contribution in [3.8, 4) is 22.5 Å². The molecule has 206 valence electrons. The maximum absolute atomic E-state index is 13.1. The van der Waals surface area contributed by atoms with E-state index in [1.165, 1.54) is 9.80 Å². The van der Waals surface area contributed by atoms with Gasteiger partial charge in [0.15, 0.2) is 5.82 Å². The molecule has 3 aromatic rings. The van der Waals surface area contributed by atoms with E-state index in [0.717, 1.165) is 29.5 Å². The van der Waals surface area contributed by atoms with Gasteiger partial charge in [0.05, 0.1) is 35.0 Å². The number of aromatic nitrogens is 2. The minimum Gasteiger partial charge on any atom is -0.274 e. The highest BCUT2D eigenvalue weighted by Crippen LogP contribution is 2.54. The van der Waals surface area contributed by atoms with Gasteiger partial charge in [0.2, 0.25) is 23.6 Å². The molecular formula is C34H26N4O4. The van der Waals surface area contributed by atoms with Crippen LogP contribution in [0.2, 0.25) is 0 Å². The molecule has 4 fully saturated rings. The number of hydrogen-bond acceptors (Lipinski definition) is 6. The quantitative estimate of drug-likeness (QED) is 0.349. The molecule has 2 aromatic carbocycles. The molecule has 4 bridgehead atoms. The summed E-state index contributed by atoms with van der Waals surface area (Å²) in [6.07, 6.45) is 13.7. The zero-order valence-corrected chi connectivity index (χ0v) is 22.5. The molecule has 4 aliphatic carbocycles. The number of nitrogens with zero attached hydrogens (tertiary/aromatic N) is 4. The summed E-state index contributed by atoms with van der Waals surface area (Å²) in [5, 5.41) is 0. The highest BCUT2D eigenvalue weighted by atomic mass is 16.2. The van der Waals surface area contributed by atoms with Crippen molar-refractivity contribution in [1.29, 1.82) is 0 Å². The second-order valence-electron chi connectivity index (χ2n) is 12.4. The Balaban J connectivity index is 0.912. The summed E-state index contributed by atoms with van der Waals surface area (Å²) in [6, 6.07) is 14.6. The predicted octanol–water partition coefficient (Wildman–Crippen LogP) is 4.43. The molecule has 1 aromatic heterocycles. The molecule has 8 atom stereocenters. The van der Waals surface area contributed by atoms with E-state index in [9.17, 15) is 19.2 Å². The molecule has 8 nitrogen and oxygen atoms in total. The van der Waals surface area contributed by atoms with Crippen molar-refractivity contribution in [2.75, 3.05) is 9.80 Å². The molecule has 2 aliphatic heterocycles. The second-order valence-corrected chi connectivity index (χ2v) is 12.4. The van der Waals surface area contributed by atoms with Gasteiger partial charge < -0.3 is 0 Å². The molecule has 2 saturated heterocycles. The Morgan fingerprint density at radius 3 is 1.21 bits per heavy atom. The molecular weight excluding hydrogens is 528 g/mol. The lowest BCUT2D eigenvalue weighted by Gasteiger charge is -2.18. The Bertz CT molecular complexity index is 1570. The van der Waals surface area contributed by atoms with Gasteiger partial charge in [-0.3, -0.25) is 29.0 Å². The molecule has 6 aliphatic rings. The molecule has 0 spiro atoms. The highest BCUT2D eigenvalue weighted by molar-refractivity contribution is 6.23. The van der Waals surface area contributed by atoms with Gasteiger partial charge in [-0.25, -0.2) is 9.97 Å². The largest absolute Gasteiger partial charge is 0.274 e. The van der Waals surface area contributed by atoms with E-state index < -0.39 is 0 Å². The van der Waals surface area contributed by atoms with Crippen LogP contribution in [0.3, 0.4) is 0 Å². The first-order valence-electron chi connectivity index (χ1n) is 14.6. The standard InChI is InChI=1S/C34H26N4O4/c39-31-26-19-1-2-20(13-19)27(26)32(40)37(31)24-9-5-17(6-10-24)23-15-35-30(36-16-23)18-7-11-25(12-8-18)38-33(41)28-21-3-4-22(14-21)29(28)34(38)42/h1-12,15-16,19-22,26-29H,13-14H2/t19-,20-,21-,22+,26-,27-,28-,29+/m0/s1. The van der Waals surface area contributed by atoms with Crippen molar-refractivity contribution < 1.29 is 19.2 Å². The molecule has 2 saturated carbocycles. The number of benzene rings is 2. The number of carbonyl (C=O) groups is 4. The summed E-state index contributed by atoms with van der Waals surface area (Å²) >= 11 is 0. The maximum atomic E-state index is 13.1.